The Hall–Kier alpha value is -0.590. The second-order valence-corrected chi connectivity index (χ2v) is 5.97. The molecule has 0 aliphatic carbocycles. The fourth-order valence-corrected chi connectivity index (χ4v) is 2.70. The molecule has 0 radical (unpaired) electrons. The Morgan fingerprint density at radius 1 is 1.37 bits per heavy atom. The molecule has 0 amide bonds. The van der Waals surface area contributed by atoms with Crippen molar-refractivity contribution in [2.75, 3.05) is 19.8 Å². The van der Waals surface area contributed by atoms with E-state index in [1.54, 1.807) is 11.3 Å². The third-order valence-corrected chi connectivity index (χ3v) is 3.55. The summed E-state index contributed by atoms with van der Waals surface area (Å²) < 4.78 is 39.9. The summed E-state index contributed by atoms with van der Waals surface area (Å²) in [6, 6.07) is 4.53. The van der Waals surface area contributed by atoms with Crippen LogP contribution in [0.3, 0.4) is 0 Å². The molecule has 19 heavy (non-hydrogen) atoms. The summed E-state index contributed by atoms with van der Waals surface area (Å²) in [7, 11) is 0. The number of halogens is 3. The van der Waals surface area contributed by atoms with Gasteiger partial charge in [0.15, 0.2) is 0 Å². The van der Waals surface area contributed by atoms with Crippen LogP contribution in [0.1, 0.15) is 23.1 Å². The summed E-state index contributed by atoms with van der Waals surface area (Å²) in [6.07, 6.45) is -2.69. The number of alkyl halides is 3. The SMILES string of the molecule is Cc1ccc(CC(C)NCCCOCC(F)(F)F)s1. The van der Waals surface area contributed by atoms with Crippen LogP contribution in [-0.4, -0.2) is 32.0 Å². The largest absolute Gasteiger partial charge is 0.411 e. The van der Waals surface area contributed by atoms with Crippen LogP contribution in [0.25, 0.3) is 0 Å². The lowest BCUT2D eigenvalue weighted by Gasteiger charge is -2.13. The van der Waals surface area contributed by atoms with Crippen LogP contribution in [0.5, 0.6) is 0 Å². The zero-order chi connectivity index (χ0) is 14.3. The molecule has 110 valence electrons. The molecule has 0 aliphatic rings. The van der Waals surface area contributed by atoms with E-state index in [-0.39, 0.29) is 6.61 Å². The van der Waals surface area contributed by atoms with Gasteiger partial charge in [-0.1, -0.05) is 0 Å². The number of ether oxygens (including phenoxy) is 1. The molecular formula is C13H20F3NOS. The van der Waals surface area contributed by atoms with Crippen molar-refractivity contribution in [3.8, 4) is 0 Å². The number of rotatable bonds is 8. The summed E-state index contributed by atoms with van der Waals surface area (Å²) in [5, 5.41) is 3.28. The molecule has 1 aromatic heterocycles. The van der Waals surface area contributed by atoms with Crippen molar-refractivity contribution in [1.29, 1.82) is 0 Å². The number of aryl methyl sites for hydroxylation is 1. The third kappa shape index (κ3) is 8.23. The molecule has 1 heterocycles. The Kier molecular flexibility index (Phi) is 6.82. The van der Waals surface area contributed by atoms with Gasteiger partial charge in [0.2, 0.25) is 0 Å². The maximum absolute atomic E-state index is 11.8. The molecule has 0 aromatic carbocycles. The quantitative estimate of drug-likeness (QED) is 0.741. The van der Waals surface area contributed by atoms with Gasteiger partial charge in [-0.05, 0) is 45.4 Å². The van der Waals surface area contributed by atoms with E-state index < -0.39 is 12.8 Å². The second kappa shape index (κ2) is 7.87. The predicted octanol–water partition coefficient (Wildman–Crippen LogP) is 3.55. The van der Waals surface area contributed by atoms with Crippen molar-refractivity contribution in [3.63, 3.8) is 0 Å². The molecule has 1 N–H and O–H groups in total. The maximum atomic E-state index is 11.8. The molecule has 6 heteroatoms. The van der Waals surface area contributed by atoms with Crippen molar-refractivity contribution in [1.82, 2.24) is 5.32 Å². The highest BCUT2D eigenvalue weighted by Crippen LogP contribution is 2.16. The zero-order valence-electron chi connectivity index (χ0n) is 11.2. The van der Waals surface area contributed by atoms with E-state index in [9.17, 15) is 13.2 Å². The highest BCUT2D eigenvalue weighted by molar-refractivity contribution is 7.11. The highest BCUT2D eigenvalue weighted by atomic mass is 32.1. The van der Waals surface area contributed by atoms with Crippen LogP contribution >= 0.6 is 11.3 Å². The van der Waals surface area contributed by atoms with E-state index in [1.165, 1.54) is 9.75 Å². The van der Waals surface area contributed by atoms with Gasteiger partial charge in [0, 0.05) is 22.4 Å². The zero-order valence-corrected chi connectivity index (χ0v) is 12.0. The van der Waals surface area contributed by atoms with E-state index in [2.05, 4.69) is 36.0 Å². The lowest BCUT2D eigenvalue weighted by molar-refractivity contribution is -0.173. The van der Waals surface area contributed by atoms with Gasteiger partial charge in [-0.25, -0.2) is 0 Å². The van der Waals surface area contributed by atoms with Gasteiger partial charge in [-0.15, -0.1) is 11.3 Å². The molecule has 0 bridgehead atoms. The van der Waals surface area contributed by atoms with Gasteiger partial charge in [-0.2, -0.15) is 13.2 Å². The van der Waals surface area contributed by atoms with E-state index in [4.69, 9.17) is 0 Å². The van der Waals surface area contributed by atoms with Crippen LogP contribution < -0.4 is 5.32 Å². The van der Waals surface area contributed by atoms with Crippen LogP contribution in [-0.2, 0) is 11.2 Å². The van der Waals surface area contributed by atoms with Crippen molar-refractivity contribution in [3.05, 3.63) is 21.9 Å². The lowest BCUT2D eigenvalue weighted by Crippen LogP contribution is -2.29. The Morgan fingerprint density at radius 3 is 2.68 bits per heavy atom. The molecule has 1 aromatic rings. The van der Waals surface area contributed by atoms with Gasteiger partial charge >= 0.3 is 6.18 Å². The topological polar surface area (TPSA) is 21.3 Å². The molecule has 0 saturated heterocycles. The van der Waals surface area contributed by atoms with Crippen LogP contribution in [0.2, 0.25) is 0 Å². The number of hydrogen-bond donors (Lipinski definition) is 1. The first kappa shape index (κ1) is 16.5. The molecule has 0 spiro atoms. The average Bonchev–Trinajstić information content (AvgIpc) is 2.67. The molecule has 1 unspecified atom stereocenters. The summed E-state index contributed by atoms with van der Waals surface area (Å²) in [5.74, 6) is 0. The number of hydrogen-bond acceptors (Lipinski definition) is 3. The molecule has 1 rings (SSSR count). The first-order valence-corrected chi connectivity index (χ1v) is 7.11. The minimum Gasteiger partial charge on any atom is -0.372 e. The van der Waals surface area contributed by atoms with E-state index in [0.717, 1.165) is 6.42 Å². The molecule has 0 saturated carbocycles. The van der Waals surface area contributed by atoms with Crippen molar-refractivity contribution >= 4 is 11.3 Å². The molecule has 1 atom stereocenters. The fraction of sp³-hybridized carbons (Fsp3) is 0.692. The number of thiophene rings is 1. The minimum atomic E-state index is -4.22. The smallest absolute Gasteiger partial charge is 0.372 e. The third-order valence-electron chi connectivity index (χ3n) is 2.53. The summed E-state index contributed by atoms with van der Waals surface area (Å²) in [6.45, 7) is 3.80. The van der Waals surface area contributed by atoms with Gasteiger partial charge in [0.1, 0.15) is 6.61 Å². The van der Waals surface area contributed by atoms with E-state index in [0.29, 0.717) is 19.0 Å². The highest BCUT2D eigenvalue weighted by Gasteiger charge is 2.27. The Morgan fingerprint density at radius 2 is 2.11 bits per heavy atom. The average molecular weight is 295 g/mol. The first-order valence-electron chi connectivity index (χ1n) is 6.30. The van der Waals surface area contributed by atoms with E-state index >= 15 is 0 Å². The van der Waals surface area contributed by atoms with Crippen molar-refractivity contribution in [2.24, 2.45) is 0 Å². The Bertz CT molecular complexity index is 365. The molecule has 2 nitrogen and oxygen atoms in total. The maximum Gasteiger partial charge on any atom is 0.411 e. The summed E-state index contributed by atoms with van der Waals surface area (Å²) in [5.41, 5.74) is 0. The Labute approximate surface area is 116 Å². The normalized spacial score (nSPS) is 13.7. The standard InChI is InChI=1S/C13H20F3NOS/c1-10(8-12-5-4-11(2)19-12)17-6-3-7-18-9-13(14,15)16/h4-5,10,17H,3,6-9H2,1-2H3. The molecule has 0 aliphatic heterocycles. The predicted molar refractivity (Wildman–Crippen MR) is 71.7 cm³/mol. The first-order chi connectivity index (χ1) is 8.87. The summed E-state index contributed by atoms with van der Waals surface area (Å²) in [4.78, 5) is 2.62. The molecule has 0 fully saturated rings. The van der Waals surface area contributed by atoms with Crippen LogP contribution in [0.4, 0.5) is 13.2 Å². The van der Waals surface area contributed by atoms with Crippen molar-refractivity contribution < 1.29 is 17.9 Å². The van der Waals surface area contributed by atoms with Gasteiger partial charge in [0.05, 0.1) is 0 Å². The van der Waals surface area contributed by atoms with Gasteiger partial charge < -0.3 is 10.1 Å². The number of nitrogens with one attached hydrogen (secondary N) is 1. The van der Waals surface area contributed by atoms with Gasteiger partial charge in [-0.3, -0.25) is 0 Å². The van der Waals surface area contributed by atoms with Gasteiger partial charge in [0.25, 0.3) is 0 Å². The minimum absolute atomic E-state index is 0.136. The fourth-order valence-electron chi connectivity index (χ4n) is 1.68. The monoisotopic (exact) mass is 295 g/mol. The van der Waals surface area contributed by atoms with Crippen molar-refractivity contribution in [2.45, 2.75) is 38.9 Å². The Balaban J connectivity index is 2.03. The second-order valence-electron chi connectivity index (χ2n) is 4.59. The molecular weight excluding hydrogens is 275 g/mol. The lowest BCUT2D eigenvalue weighted by atomic mass is 10.2. The van der Waals surface area contributed by atoms with Crippen LogP contribution in [0, 0.1) is 6.92 Å². The van der Waals surface area contributed by atoms with Crippen LogP contribution in [0.15, 0.2) is 12.1 Å². The van der Waals surface area contributed by atoms with E-state index in [1.807, 2.05) is 0 Å². The summed E-state index contributed by atoms with van der Waals surface area (Å²) >= 11 is 1.78.